The number of sulfonamides is 1. The summed E-state index contributed by atoms with van der Waals surface area (Å²) in [7, 11) is -1.23. The molecule has 0 saturated carbocycles. The normalized spacial score (nSPS) is 14.2. The van der Waals surface area contributed by atoms with E-state index in [4.69, 9.17) is 0 Å². The van der Waals surface area contributed by atoms with Crippen molar-refractivity contribution in [3.8, 4) is 0 Å². The molecule has 0 spiro atoms. The summed E-state index contributed by atoms with van der Waals surface area (Å²) in [6, 6.07) is 0. The van der Waals surface area contributed by atoms with Crippen LogP contribution in [0.15, 0.2) is 0 Å². The first-order valence-corrected chi connectivity index (χ1v) is 6.79. The minimum Gasteiger partial charge on any atom is -0.320 e. The van der Waals surface area contributed by atoms with Gasteiger partial charge in [0.25, 0.3) is 0 Å². The standard InChI is InChI=1S/C9H22N2O2S/c1-4-9(2)8-11-14(12,13)7-5-6-10-3/h9-11H,4-8H2,1-3H3. The highest BCUT2D eigenvalue weighted by molar-refractivity contribution is 7.89. The largest absolute Gasteiger partial charge is 0.320 e. The number of nitrogens with one attached hydrogen (secondary N) is 2. The van der Waals surface area contributed by atoms with Gasteiger partial charge in [-0.1, -0.05) is 20.3 Å². The third-order valence-corrected chi connectivity index (χ3v) is 3.62. The van der Waals surface area contributed by atoms with Gasteiger partial charge in [-0.05, 0) is 25.9 Å². The fraction of sp³-hybridized carbons (Fsp3) is 1.00. The van der Waals surface area contributed by atoms with Crippen LogP contribution >= 0.6 is 0 Å². The van der Waals surface area contributed by atoms with E-state index in [1.54, 1.807) is 0 Å². The molecule has 14 heavy (non-hydrogen) atoms. The van der Waals surface area contributed by atoms with Crippen molar-refractivity contribution in [2.75, 3.05) is 25.9 Å². The van der Waals surface area contributed by atoms with Crippen molar-refractivity contribution in [1.29, 1.82) is 0 Å². The second kappa shape index (κ2) is 7.20. The van der Waals surface area contributed by atoms with Crippen LogP contribution in [0.3, 0.4) is 0 Å². The first kappa shape index (κ1) is 13.9. The van der Waals surface area contributed by atoms with Gasteiger partial charge in [0.2, 0.25) is 10.0 Å². The zero-order valence-electron chi connectivity index (χ0n) is 9.34. The van der Waals surface area contributed by atoms with E-state index in [1.807, 2.05) is 14.0 Å². The summed E-state index contributed by atoms with van der Waals surface area (Å²) < 4.78 is 25.4. The Balaban J connectivity index is 3.73. The van der Waals surface area contributed by atoms with Crippen molar-refractivity contribution in [2.45, 2.75) is 26.7 Å². The minimum absolute atomic E-state index is 0.213. The Hall–Kier alpha value is -0.130. The van der Waals surface area contributed by atoms with Crippen LogP contribution in [0, 0.1) is 5.92 Å². The average molecular weight is 222 g/mol. The Bertz CT molecular complexity index is 227. The van der Waals surface area contributed by atoms with Crippen molar-refractivity contribution in [2.24, 2.45) is 5.92 Å². The maximum Gasteiger partial charge on any atom is 0.211 e. The van der Waals surface area contributed by atoms with E-state index in [0.29, 0.717) is 18.9 Å². The molecule has 5 heteroatoms. The maximum absolute atomic E-state index is 11.4. The number of rotatable bonds is 8. The molecule has 4 nitrogen and oxygen atoms in total. The summed E-state index contributed by atoms with van der Waals surface area (Å²) >= 11 is 0. The summed E-state index contributed by atoms with van der Waals surface area (Å²) in [6.45, 7) is 5.39. The van der Waals surface area contributed by atoms with Gasteiger partial charge in [-0.25, -0.2) is 13.1 Å². The van der Waals surface area contributed by atoms with Crippen LogP contribution in [0.2, 0.25) is 0 Å². The van der Waals surface area contributed by atoms with Gasteiger partial charge < -0.3 is 5.32 Å². The van der Waals surface area contributed by atoms with Crippen LogP contribution in [-0.4, -0.2) is 34.3 Å². The molecule has 0 aromatic carbocycles. The zero-order valence-corrected chi connectivity index (χ0v) is 10.2. The molecule has 0 amide bonds. The van der Waals surface area contributed by atoms with Gasteiger partial charge in [0.05, 0.1) is 5.75 Å². The number of hydrogen-bond acceptors (Lipinski definition) is 3. The SMILES string of the molecule is CCC(C)CNS(=O)(=O)CCCNC. The van der Waals surface area contributed by atoms with Crippen LogP contribution in [0.4, 0.5) is 0 Å². The predicted molar refractivity (Wildman–Crippen MR) is 59.8 cm³/mol. The topological polar surface area (TPSA) is 58.2 Å². The summed E-state index contributed by atoms with van der Waals surface area (Å²) in [6.07, 6.45) is 1.66. The molecule has 0 saturated heterocycles. The van der Waals surface area contributed by atoms with Crippen molar-refractivity contribution in [3.05, 3.63) is 0 Å². The first-order chi connectivity index (χ1) is 6.52. The first-order valence-electron chi connectivity index (χ1n) is 5.13. The van der Waals surface area contributed by atoms with Crippen LogP contribution < -0.4 is 10.0 Å². The minimum atomic E-state index is -3.05. The van der Waals surface area contributed by atoms with Crippen molar-refractivity contribution in [3.63, 3.8) is 0 Å². The third kappa shape index (κ3) is 7.29. The molecule has 0 radical (unpaired) electrons. The van der Waals surface area contributed by atoms with Gasteiger partial charge in [-0.3, -0.25) is 0 Å². The molecule has 2 N–H and O–H groups in total. The fourth-order valence-corrected chi connectivity index (χ4v) is 2.13. The second-order valence-electron chi connectivity index (χ2n) is 3.64. The zero-order chi connectivity index (χ0) is 11.0. The highest BCUT2D eigenvalue weighted by atomic mass is 32.2. The molecule has 0 aliphatic heterocycles. The quantitative estimate of drug-likeness (QED) is 0.590. The van der Waals surface area contributed by atoms with Crippen molar-refractivity contribution >= 4 is 10.0 Å². The van der Waals surface area contributed by atoms with Gasteiger partial charge in [0.1, 0.15) is 0 Å². The average Bonchev–Trinajstić information content (AvgIpc) is 2.14. The summed E-state index contributed by atoms with van der Waals surface area (Å²) in [5.74, 6) is 0.624. The van der Waals surface area contributed by atoms with Gasteiger partial charge >= 0.3 is 0 Å². The van der Waals surface area contributed by atoms with E-state index in [9.17, 15) is 8.42 Å². The van der Waals surface area contributed by atoms with Gasteiger partial charge in [0, 0.05) is 6.54 Å². The lowest BCUT2D eigenvalue weighted by Crippen LogP contribution is -2.31. The molecule has 1 unspecified atom stereocenters. The predicted octanol–water partition coefficient (Wildman–Crippen LogP) is 0.561. The molecule has 0 rings (SSSR count). The second-order valence-corrected chi connectivity index (χ2v) is 5.56. The lowest BCUT2D eigenvalue weighted by molar-refractivity contribution is 0.527. The Labute approximate surface area is 87.5 Å². The molecular weight excluding hydrogens is 200 g/mol. The van der Waals surface area contributed by atoms with E-state index in [1.165, 1.54) is 0 Å². The van der Waals surface area contributed by atoms with Crippen LogP contribution in [0.25, 0.3) is 0 Å². The molecule has 0 bridgehead atoms. The lowest BCUT2D eigenvalue weighted by atomic mass is 10.1. The number of hydrogen-bond donors (Lipinski definition) is 2. The highest BCUT2D eigenvalue weighted by Gasteiger charge is 2.10. The molecule has 0 aliphatic rings. The third-order valence-electron chi connectivity index (χ3n) is 2.19. The Morgan fingerprint density at radius 3 is 2.50 bits per heavy atom. The lowest BCUT2D eigenvalue weighted by Gasteiger charge is -2.10. The summed E-state index contributed by atoms with van der Waals surface area (Å²) in [4.78, 5) is 0. The van der Waals surface area contributed by atoms with Gasteiger partial charge in [-0.2, -0.15) is 0 Å². The van der Waals surface area contributed by atoms with E-state index in [2.05, 4.69) is 17.0 Å². The molecular formula is C9H22N2O2S. The van der Waals surface area contributed by atoms with Crippen molar-refractivity contribution in [1.82, 2.24) is 10.0 Å². The smallest absolute Gasteiger partial charge is 0.211 e. The van der Waals surface area contributed by atoms with Crippen LogP contribution in [-0.2, 0) is 10.0 Å². The molecule has 1 atom stereocenters. The highest BCUT2D eigenvalue weighted by Crippen LogP contribution is 1.99. The molecule has 0 aliphatic carbocycles. The molecule has 0 aromatic rings. The maximum atomic E-state index is 11.4. The van der Waals surface area contributed by atoms with Crippen molar-refractivity contribution < 1.29 is 8.42 Å². The van der Waals surface area contributed by atoms with Gasteiger partial charge in [0.15, 0.2) is 0 Å². The van der Waals surface area contributed by atoms with Crippen LogP contribution in [0.1, 0.15) is 26.7 Å². The van der Waals surface area contributed by atoms with Crippen LogP contribution in [0.5, 0.6) is 0 Å². The van der Waals surface area contributed by atoms with E-state index >= 15 is 0 Å². The molecule has 86 valence electrons. The van der Waals surface area contributed by atoms with E-state index in [-0.39, 0.29) is 5.75 Å². The Morgan fingerprint density at radius 2 is 2.00 bits per heavy atom. The molecule has 0 heterocycles. The Morgan fingerprint density at radius 1 is 1.36 bits per heavy atom. The van der Waals surface area contributed by atoms with E-state index in [0.717, 1.165) is 13.0 Å². The Kier molecular flexibility index (Phi) is 7.13. The summed E-state index contributed by atoms with van der Waals surface area (Å²) in [5.41, 5.74) is 0. The molecule has 0 fully saturated rings. The van der Waals surface area contributed by atoms with Gasteiger partial charge in [-0.15, -0.1) is 0 Å². The van der Waals surface area contributed by atoms with E-state index < -0.39 is 10.0 Å². The summed E-state index contributed by atoms with van der Waals surface area (Å²) in [5, 5.41) is 2.92. The monoisotopic (exact) mass is 222 g/mol. The molecule has 0 aromatic heterocycles. The fourth-order valence-electron chi connectivity index (χ4n) is 0.925.